The van der Waals surface area contributed by atoms with Crippen LogP contribution < -0.4 is 5.32 Å². The highest BCUT2D eigenvalue weighted by atomic mass is 32.1. The highest BCUT2D eigenvalue weighted by Crippen LogP contribution is 2.14. The number of nitrogens with zero attached hydrogens (tertiary/aromatic N) is 2. The smallest absolute Gasteiger partial charge is 0.194 e. The molecule has 2 rings (SSSR count). The van der Waals surface area contributed by atoms with Crippen LogP contribution in [0.1, 0.15) is 18.2 Å². The van der Waals surface area contributed by atoms with Crippen molar-refractivity contribution in [2.24, 2.45) is 10.9 Å². The minimum atomic E-state index is 0.635. The van der Waals surface area contributed by atoms with Crippen molar-refractivity contribution >= 4 is 17.3 Å². The monoisotopic (exact) mass is 281 g/mol. The standard InChI is InChI=1S/C14H23N3OS/c1-3-15-14(16-9-13-5-4-8-19-13)17(2)10-12-6-7-18-11-12/h4-5,8,12H,3,6-7,9-11H2,1-2H3,(H,15,16). The van der Waals surface area contributed by atoms with Crippen molar-refractivity contribution in [1.82, 2.24) is 10.2 Å². The maximum Gasteiger partial charge on any atom is 0.194 e. The van der Waals surface area contributed by atoms with Gasteiger partial charge < -0.3 is 15.0 Å². The molecule has 1 N–H and O–H groups in total. The molecule has 0 spiro atoms. The first-order chi connectivity index (χ1) is 9.29. The molecule has 0 radical (unpaired) electrons. The van der Waals surface area contributed by atoms with Crippen LogP contribution in [0.3, 0.4) is 0 Å². The number of ether oxygens (including phenoxy) is 1. The molecule has 0 aliphatic carbocycles. The number of thiophene rings is 1. The third-order valence-electron chi connectivity index (χ3n) is 3.22. The molecule has 1 atom stereocenters. The predicted molar refractivity (Wildman–Crippen MR) is 80.7 cm³/mol. The van der Waals surface area contributed by atoms with Gasteiger partial charge in [0.15, 0.2) is 5.96 Å². The first-order valence-electron chi connectivity index (χ1n) is 6.89. The molecule has 0 bridgehead atoms. The lowest BCUT2D eigenvalue weighted by molar-refractivity contribution is 0.181. The number of hydrogen-bond donors (Lipinski definition) is 1. The molecule has 1 saturated heterocycles. The number of aliphatic imine (C=N–C) groups is 1. The summed E-state index contributed by atoms with van der Waals surface area (Å²) < 4.78 is 5.43. The summed E-state index contributed by atoms with van der Waals surface area (Å²) >= 11 is 1.75. The molecule has 2 heterocycles. The van der Waals surface area contributed by atoms with Crippen LogP contribution >= 0.6 is 11.3 Å². The van der Waals surface area contributed by atoms with Gasteiger partial charge in [-0.1, -0.05) is 6.07 Å². The minimum Gasteiger partial charge on any atom is -0.381 e. The Hall–Kier alpha value is -1.07. The van der Waals surface area contributed by atoms with Crippen molar-refractivity contribution in [3.63, 3.8) is 0 Å². The maximum atomic E-state index is 5.43. The van der Waals surface area contributed by atoms with E-state index in [-0.39, 0.29) is 0 Å². The Morgan fingerprint density at radius 1 is 1.63 bits per heavy atom. The molecule has 0 saturated carbocycles. The van der Waals surface area contributed by atoms with Crippen LogP contribution in [0.25, 0.3) is 0 Å². The van der Waals surface area contributed by atoms with Gasteiger partial charge in [0.2, 0.25) is 0 Å². The highest BCUT2D eigenvalue weighted by molar-refractivity contribution is 7.09. The van der Waals surface area contributed by atoms with E-state index in [1.165, 1.54) is 4.88 Å². The van der Waals surface area contributed by atoms with Crippen LogP contribution in [0.2, 0.25) is 0 Å². The van der Waals surface area contributed by atoms with Crippen molar-refractivity contribution in [2.45, 2.75) is 19.9 Å². The van der Waals surface area contributed by atoms with E-state index in [1.54, 1.807) is 11.3 Å². The summed E-state index contributed by atoms with van der Waals surface area (Å²) in [5, 5.41) is 5.45. The first kappa shape index (κ1) is 14.3. The zero-order valence-corrected chi connectivity index (χ0v) is 12.6. The molecule has 0 aromatic carbocycles. The molecule has 1 aromatic heterocycles. The molecule has 106 valence electrons. The summed E-state index contributed by atoms with van der Waals surface area (Å²) in [4.78, 5) is 8.22. The number of hydrogen-bond acceptors (Lipinski definition) is 3. The second-order valence-electron chi connectivity index (χ2n) is 4.86. The lowest BCUT2D eigenvalue weighted by Gasteiger charge is -2.24. The Kier molecular flexibility index (Phi) is 5.66. The third kappa shape index (κ3) is 4.51. The molecule has 4 nitrogen and oxygen atoms in total. The Bertz CT molecular complexity index is 385. The van der Waals surface area contributed by atoms with Gasteiger partial charge in [0.25, 0.3) is 0 Å². The number of rotatable bonds is 5. The first-order valence-corrected chi connectivity index (χ1v) is 7.77. The molecule has 1 fully saturated rings. The summed E-state index contributed by atoms with van der Waals surface area (Å²) in [7, 11) is 2.11. The van der Waals surface area contributed by atoms with Crippen LogP contribution in [-0.2, 0) is 11.3 Å². The molecule has 5 heteroatoms. The Morgan fingerprint density at radius 2 is 2.53 bits per heavy atom. The minimum absolute atomic E-state index is 0.635. The van der Waals surface area contributed by atoms with Crippen LogP contribution in [0.15, 0.2) is 22.5 Å². The zero-order chi connectivity index (χ0) is 13.5. The Morgan fingerprint density at radius 3 is 3.16 bits per heavy atom. The molecule has 1 unspecified atom stereocenters. The summed E-state index contributed by atoms with van der Waals surface area (Å²) in [6.07, 6.45) is 1.16. The van der Waals surface area contributed by atoms with E-state index in [4.69, 9.17) is 9.73 Å². The lowest BCUT2D eigenvalue weighted by atomic mass is 10.1. The molecule has 1 aromatic rings. The molecule has 1 aliphatic heterocycles. The topological polar surface area (TPSA) is 36.9 Å². The quantitative estimate of drug-likeness (QED) is 0.664. The van der Waals surface area contributed by atoms with Crippen molar-refractivity contribution in [3.8, 4) is 0 Å². The summed E-state index contributed by atoms with van der Waals surface area (Å²) in [5.74, 6) is 1.62. The van der Waals surface area contributed by atoms with Gasteiger partial charge in [-0.25, -0.2) is 4.99 Å². The van der Waals surface area contributed by atoms with Gasteiger partial charge in [-0.3, -0.25) is 0 Å². The highest BCUT2D eigenvalue weighted by Gasteiger charge is 2.18. The summed E-state index contributed by atoms with van der Waals surface area (Å²) in [5.41, 5.74) is 0. The van der Waals surface area contributed by atoms with Gasteiger partial charge in [-0.05, 0) is 24.8 Å². The van der Waals surface area contributed by atoms with E-state index < -0.39 is 0 Å². The molecular weight excluding hydrogens is 258 g/mol. The van der Waals surface area contributed by atoms with E-state index >= 15 is 0 Å². The molecule has 0 amide bonds. The van der Waals surface area contributed by atoms with E-state index in [1.807, 2.05) is 0 Å². The van der Waals surface area contributed by atoms with Gasteiger partial charge in [0, 0.05) is 37.5 Å². The van der Waals surface area contributed by atoms with Crippen molar-refractivity contribution in [2.75, 3.05) is 33.4 Å². The molecule has 1 aliphatic rings. The van der Waals surface area contributed by atoms with Crippen LogP contribution in [-0.4, -0.2) is 44.2 Å². The SMILES string of the molecule is CCNC(=NCc1cccs1)N(C)CC1CCOC1. The lowest BCUT2D eigenvalue weighted by Crippen LogP contribution is -2.41. The summed E-state index contributed by atoms with van der Waals surface area (Å²) in [6, 6.07) is 4.20. The van der Waals surface area contributed by atoms with Crippen LogP contribution in [0.5, 0.6) is 0 Å². The summed E-state index contributed by atoms with van der Waals surface area (Å²) in [6.45, 7) is 6.56. The fraction of sp³-hybridized carbons (Fsp3) is 0.643. The van der Waals surface area contributed by atoms with Gasteiger partial charge in [-0.2, -0.15) is 0 Å². The second-order valence-corrected chi connectivity index (χ2v) is 5.89. The average Bonchev–Trinajstić information content (AvgIpc) is 3.07. The fourth-order valence-corrected chi connectivity index (χ4v) is 2.85. The van der Waals surface area contributed by atoms with Crippen molar-refractivity contribution < 1.29 is 4.74 Å². The normalized spacial score (nSPS) is 19.7. The molecule has 19 heavy (non-hydrogen) atoms. The van der Waals surface area contributed by atoms with E-state index in [2.05, 4.69) is 41.7 Å². The van der Waals surface area contributed by atoms with E-state index in [0.717, 1.165) is 45.2 Å². The predicted octanol–water partition coefficient (Wildman–Crippen LogP) is 2.18. The average molecular weight is 281 g/mol. The van der Waals surface area contributed by atoms with Crippen molar-refractivity contribution in [1.29, 1.82) is 0 Å². The fourth-order valence-electron chi connectivity index (χ4n) is 2.23. The van der Waals surface area contributed by atoms with E-state index in [0.29, 0.717) is 5.92 Å². The zero-order valence-electron chi connectivity index (χ0n) is 11.8. The third-order valence-corrected chi connectivity index (χ3v) is 4.08. The van der Waals surface area contributed by atoms with Gasteiger partial charge in [0.1, 0.15) is 0 Å². The van der Waals surface area contributed by atoms with Crippen LogP contribution in [0.4, 0.5) is 0 Å². The van der Waals surface area contributed by atoms with Gasteiger partial charge in [0.05, 0.1) is 13.2 Å². The number of guanidine groups is 1. The largest absolute Gasteiger partial charge is 0.381 e. The Balaban J connectivity index is 1.91. The maximum absolute atomic E-state index is 5.43. The van der Waals surface area contributed by atoms with Gasteiger partial charge >= 0.3 is 0 Å². The number of nitrogens with one attached hydrogen (secondary N) is 1. The second kappa shape index (κ2) is 7.50. The molecular formula is C14H23N3OS. The van der Waals surface area contributed by atoms with Crippen LogP contribution in [0, 0.1) is 5.92 Å². The van der Waals surface area contributed by atoms with E-state index in [9.17, 15) is 0 Å². The van der Waals surface area contributed by atoms with Crippen molar-refractivity contribution in [3.05, 3.63) is 22.4 Å². The Labute approximate surface area is 119 Å². The van der Waals surface area contributed by atoms with Gasteiger partial charge in [-0.15, -0.1) is 11.3 Å².